The van der Waals surface area contributed by atoms with Crippen molar-refractivity contribution in [3.63, 3.8) is 0 Å². The number of alkyl halides is 3. The fourth-order valence-electron chi connectivity index (χ4n) is 1.92. The predicted molar refractivity (Wildman–Crippen MR) is 77.3 cm³/mol. The van der Waals surface area contributed by atoms with Crippen molar-refractivity contribution in [2.24, 2.45) is 0 Å². The third-order valence-corrected chi connectivity index (χ3v) is 3.88. The van der Waals surface area contributed by atoms with Crippen LogP contribution in [0.5, 0.6) is 0 Å². The molecule has 0 aliphatic rings. The highest BCUT2D eigenvalue weighted by Gasteiger charge is 2.56. The van der Waals surface area contributed by atoms with E-state index >= 15 is 0 Å². The second-order valence-electron chi connectivity index (χ2n) is 4.23. The highest BCUT2D eigenvalue weighted by Crippen LogP contribution is 2.45. The van der Waals surface area contributed by atoms with Crippen LogP contribution in [0, 0.1) is 0 Å². The molecule has 0 saturated heterocycles. The number of aliphatic hydroxyl groups is 1. The molecule has 0 bridgehead atoms. The van der Waals surface area contributed by atoms with Crippen LogP contribution < -0.4 is 0 Å². The van der Waals surface area contributed by atoms with Gasteiger partial charge in [0.25, 0.3) is 0 Å². The van der Waals surface area contributed by atoms with E-state index in [9.17, 15) is 18.3 Å². The summed E-state index contributed by atoms with van der Waals surface area (Å²) in [4.78, 5) is 0. The van der Waals surface area contributed by atoms with Crippen molar-refractivity contribution in [2.45, 2.75) is 11.8 Å². The zero-order chi connectivity index (χ0) is 15.0. The summed E-state index contributed by atoms with van der Waals surface area (Å²) in [5, 5.41) is 10.4. The molecule has 0 fully saturated rings. The third kappa shape index (κ3) is 2.77. The van der Waals surface area contributed by atoms with E-state index in [0.717, 1.165) is 0 Å². The van der Waals surface area contributed by atoms with Gasteiger partial charge in [-0.2, -0.15) is 13.2 Å². The second kappa shape index (κ2) is 5.50. The van der Waals surface area contributed by atoms with Crippen molar-refractivity contribution in [1.29, 1.82) is 0 Å². The van der Waals surface area contributed by atoms with Crippen molar-refractivity contribution in [3.05, 3.63) is 68.6 Å². The lowest BCUT2D eigenvalue weighted by atomic mass is 9.86. The molecule has 0 aliphatic carbocycles. The third-order valence-electron chi connectivity index (χ3n) is 2.90. The van der Waals surface area contributed by atoms with Gasteiger partial charge in [-0.3, -0.25) is 0 Å². The van der Waals surface area contributed by atoms with E-state index in [-0.39, 0.29) is 11.1 Å². The van der Waals surface area contributed by atoms with Crippen molar-refractivity contribution < 1.29 is 18.3 Å². The maximum atomic E-state index is 13.5. The Labute approximate surface area is 130 Å². The molecule has 0 spiro atoms. The quantitative estimate of drug-likeness (QED) is 0.739. The fraction of sp³-hybridized carbons (Fsp3) is 0.143. The molecule has 2 rings (SSSR count). The molecule has 2 aromatic carbocycles. The van der Waals surface area contributed by atoms with Gasteiger partial charge < -0.3 is 5.11 Å². The lowest BCUT2D eigenvalue weighted by Crippen LogP contribution is -2.43. The topological polar surface area (TPSA) is 20.2 Å². The maximum absolute atomic E-state index is 13.5. The summed E-state index contributed by atoms with van der Waals surface area (Å²) in [7, 11) is 0. The summed E-state index contributed by atoms with van der Waals surface area (Å²) in [6.07, 6.45) is -4.84. The Morgan fingerprint density at radius 3 is 1.50 bits per heavy atom. The summed E-state index contributed by atoms with van der Waals surface area (Å²) in [5.74, 6) is 0. The van der Waals surface area contributed by atoms with Crippen molar-refractivity contribution in [3.8, 4) is 0 Å². The van der Waals surface area contributed by atoms with Crippen LogP contribution in [-0.4, -0.2) is 11.3 Å². The Bertz CT molecular complexity index is 580. The Balaban J connectivity index is 2.69. The van der Waals surface area contributed by atoms with E-state index in [4.69, 9.17) is 0 Å². The lowest BCUT2D eigenvalue weighted by molar-refractivity contribution is -0.248. The predicted octanol–water partition coefficient (Wildman–Crippen LogP) is 5.01. The van der Waals surface area contributed by atoms with Gasteiger partial charge in [0.15, 0.2) is 0 Å². The minimum atomic E-state index is -4.84. The lowest BCUT2D eigenvalue weighted by Gasteiger charge is -2.31. The average molecular weight is 410 g/mol. The number of halogens is 5. The van der Waals surface area contributed by atoms with Crippen molar-refractivity contribution in [1.82, 2.24) is 0 Å². The average Bonchev–Trinajstić information content (AvgIpc) is 2.36. The highest BCUT2D eigenvalue weighted by atomic mass is 79.9. The van der Waals surface area contributed by atoms with Gasteiger partial charge in [-0.1, -0.05) is 56.1 Å². The molecule has 0 atom stereocenters. The Morgan fingerprint density at radius 1 is 0.800 bits per heavy atom. The molecule has 6 heteroatoms. The van der Waals surface area contributed by atoms with Crippen LogP contribution in [0.1, 0.15) is 11.1 Å². The summed E-state index contributed by atoms with van der Waals surface area (Å²) in [6, 6.07) is 11.1. The van der Waals surface area contributed by atoms with Gasteiger partial charge in [0.05, 0.1) is 0 Å². The van der Waals surface area contributed by atoms with E-state index in [2.05, 4.69) is 31.9 Å². The monoisotopic (exact) mass is 408 g/mol. The van der Waals surface area contributed by atoms with Crippen molar-refractivity contribution >= 4 is 31.9 Å². The molecule has 0 aromatic heterocycles. The number of hydrogen-bond acceptors (Lipinski definition) is 1. The van der Waals surface area contributed by atoms with Crippen LogP contribution in [0.4, 0.5) is 13.2 Å². The summed E-state index contributed by atoms with van der Waals surface area (Å²) >= 11 is 6.24. The Morgan fingerprint density at radius 2 is 1.20 bits per heavy atom. The first-order valence-electron chi connectivity index (χ1n) is 5.56. The molecule has 1 nitrogen and oxygen atoms in total. The molecule has 1 N–H and O–H groups in total. The molecule has 20 heavy (non-hydrogen) atoms. The molecule has 0 radical (unpaired) electrons. The number of benzene rings is 2. The minimum Gasteiger partial charge on any atom is -0.372 e. The van der Waals surface area contributed by atoms with E-state index in [1.807, 2.05) is 0 Å². The Hall–Kier alpha value is -0.850. The maximum Gasteiger partial charge on any atom is 0.425 e. The first kappa shape index (κ1) is 15.5. The van der Waals surface area contributed by atoms with E-state index in [0.29, 0.717) is 8.95 Å². The van der Waals surface area contributed by atoms with Gasteiger partial charge in [0.2, 0.25) is 5.60 Å². The first-order chi connectivity index (χ1) is 9.25. The zero-order valence-electron chi connectivity index (χ0n) is 9.96. The largest absolute Gasteiger partial charge is 0.425 e. The SMILES string of the molecule is OC(c1cccc(Br)c1)(c1cccc(Br)c1)C(F)(F)F. The second-order valence-corrected chi connectivity index (χ2v) is 6.06. The van der Waals surface area contributed by atoms with Crippen molar-refractivity contribution in [2.75, 3.05) is 0 Å². The first-order valence-corrected chi connectivity index (χ1v) is 7.15. The molecule has 2 aromatic rings. The highest BCUT2D eigenvalue weighted by molar-refractivity contribution is 9.10. The van der Waals surface area contributed by atoms with Crippen LogP contribution in [0.15, 0.2) is 57.5 Å². The van der Waals surface area contributed by atoms with Gasteiger partial charge >= 0.3 is 6.18 Å². The van der Waals surface area contributed by atoms with Gasteiger partial charge in [-0.25, -0.2) is 0 Å². The summed E-state index contributed by atoms with van der Waals surface area (Å²) in [6.45, 7) is 0. The van der Waals surface area contributed by atoms with Gasteiger partial charge in [-0.05, 0) is 35.4 Å². The van der Waals surface area contributed by atoms with Gasteiger partial charge in [-0.15, -0.1) is 0 Å². The van der Waals surface area contributed by atoms with Gasteiger partial charge in [0, 0.05) is 8.95 Å². The fourth-order valence-corrected chi connectivity index (χ4v) is 2.72. The minimum absolute atomic E-state index is 0.238. The van der Waals surface area contributed by atoms with E-state index in [1.54, 1.807) is 12.1 Å². The zero-order valence-corrected chi connectivity index (χ0v) is 13.1. The molecular weight excluding hydrogens is 401 g/mol. The molecule has 0 aliphatic heterocycles. The van der Waals surface area contributed by atoms with E-state index < -0.39 is 11.8 Å². The summed E-state index contributed by atoms with van der Waals surface area (Å²) < 4.78 is 41.3. The molecule has 0 amide bonds. The van der Waals surface area contributed by atoms with Crippen LogP contribution in [-0.2, 0) is 5.60 Å². The molecule has 0 heterocycles. The molecule has 0 unspecified atom stereocenters. The van der Waals surface area contributed by atoms with Crippen LogP contribution in [0.25, 0.3) is 0 Å². The number of hydrogen-bond donors (Lipinski definition) is 1. The molecular formula is C14H9Br2F3O. The normalized spacial score (nSPS) is 12.5. The van der Waals surface area contributed by atoms with Crippen LogP contribution >= 0.6 is 31.9 Å². The Kier molecular flexibility index (Phi) is 4.27. The molecule has 106 valence electrons. The summed E-state index contributed by atoms with van der Waals surface area (Å²) in [5.41, 5.74) is -3.53. The smallest absolute Gasteiger partial charge is 0.372 e. The number of rotatable bonds is 2. The van der Waals surface area contributed by atoms with Crippen LogP contribution in [0.2, 0.25) is 0 Å². The van der Waals surface area contributed by atoms with Crippen LogP contribution in [0.3, 0.4) is 0 Å². The molecule has 0 saturated carbocycles. The standard InChI is InChI=1S/C14H9Br2F3O/c15-11-5-1-3-9(7-11)13(20,14(17,18)19)10-4-2-6-12(16)8-10/h1-8,20H. The van der Waals surface area contributed by atoms with E-state index in [1.165, 1.54) is 36.4 Å². The van der Waals surface area contributed by atoms with Gasteiger partial charge in [0.1, 0.15) is 0 Å².